The molecule has 0 amide bonds. The van der Waals surface area contributed by atoms with Crippen molar-refractivity contribution >= 4 is 29.1 Å². The molecule has 1 saturated carbocycles. The SMILES string of the molecule is COc1ccc2cc([C@H](C)C(=O)O)ccc2c1.COc1cccc([C@@]2(O)CCCC[C@@H]2CN(C)C)c1.Cl. The predicted molar refractivity (Wildman–Crippen MR) is 151 cm³/mol. The summed E-state index contributed by atoms with van der Waals surface area (Å²) < 4.78 is 10.4. The lowest BCUT2D eigenvalue weighted by Gasteiger charge is -2.41. The molecular weight excluding hydrogens is 490 g/mol. The molecule has 3 atom stereocenters. The van der Waals surface area contributed by atoms with E-state index < -0.39 is 17.5 Å². The number of benzene rings is 3. The molecule has 0 bridgehead atoms. The highest BCUT2D eigenvalue weighted by Crippen LogP contribution is 2.42. The third-order valence-electron chi connectivity index (χ3n) is 7.13. The van der Waals surface area contributed by atoms with E-state index in [-0.39, 0.29) is 12.4 Å². The van der Waals surface area contributed by atoms with Crippen molar-refractivity contribution in [3.8, 4) is 11.5 Å². The minimum Gasteiger partial charge on any atom is -0.497 e. The van der Waals surface area contributed by atoms with Crippen LogP contribution < -0.4 is 9.47 Å². The average molecular weight is 530 g/mol. The van der Waals surface area contributed by atoms with Crippen molar-refractivity contribution < 1.29 is 24.5 Å². The van der Waals surface area contributed by atoms with Gasteiger partial charge in [0.05, 0.1) is 25.7 Å². The van der Waals surface area contributed by atoms with Crippen LogP contribution in [0.2, 0.25) is 0 Å². The first-order valence-electron chi connectivity index (χ1n) is 12.5. The Morgan fingerprint density at radius 1 is 1.00 bits per heavy atom. The van der Waals surface area contributed by atoms with Crippen molar-refractivity contribution in [2.75, 3.05) is 34.9 Å². The maximum Gasteiger partial charge on any atom is 0.310 e. The van der Waals surface area contributed by atoms with Gasteiger partial charge in [0.2, 0.25) is 0 Å². The van der Waals surface area contributed by atoms with Crippen LogP contribution in [0.5, 0.6) is 11.5 Å². The fourth-order valence-corrected chi connectivity index (χ4v) is 4.96. The molecule has 4 rings (SSSR count). The number of carboxylic acids is 1. The van der Waals surface area contributed by atoms with Crippen molar-refractivity contribution in [2.45, 2.75) is 44.1 Å². The highest BCUT2D eigenvalue weighted by molar-refractivity contribution is 5.86. The van der Waals surface area contributed by atoms with E-state index in [0.29, 0.717) is 5.92 Å². The molecule has 7 heteroatoms. The topological polar surface area (TPSA) is 79.2 Å². The van der Waals surface area contributed by atoms with Crippen LogP contribution in [0.1, 0.15) is 49.7 Å². The quantitative estimate of drug-likeness (QED) is 0.385. The summed E-state index contributed by atoms with van der Waals surface area (Å²) >= 11 is 0. The second kappa shape index (κ2) is 13.7. The first-order valence-corrected chi connectivity index (χ1v) is 12.5. The van der Waals surface area contributed by atoms with E-state index in [1.807, 2.05) is 60.7 Å². The summed E-state index contributed by atoms with van der Waals surface area (Å²) in [5.41, 5.74) is 1.10. The fourth-order valence-electron chi connectivity index (χ4n) is 4.96. The Labute approximate surface area is 226 Å². The van der Waals surface area contributed by atoms with E-state index in [1.54, 1.807) is 21.1 Å². The minimum absolute atomic E-state index is 0. The number of fused-ring (bicyclic) bond motifs is 1. The van der Waals surface area contributed by atoms with Crippen LogP contribution in [-0.4, -0.2) is 55.9 Å². The zero-order valence-electron chi connectivity index (χ0n) is 22.4. The molecule has 0 radical (unpaired) electrons. The molecule has 6 nitrogen and oxygen atoms in total. The molecule has 1 aliphatic rings. The fraction of sp³-hybridized carbons (Fsp3) is 0.433. The van der Waals surface area contributed by atoms with Gasteiger partial charge >= 0.3 is 5.97 Å². The number of hydrogen-bond donors (Lipinski definition) is 2. The first kappa shape index (κ1) is 30.4. The van der Waals surface area contributed by atoms with Crippen molar-refractivity contribution in [1.29, 1.82) is 0 Å². The Bertz CT molecular complexity index is 1170. The number of hydrogen-bond acceptors (Lipinski definition) is 5. The van der Waals surface area contributed by atoms with Gasteiger partial charge in [0.25, 0.3) is 0 Å². The number of aliphatic hydroxyl groups is 1. The summed E-state index contributed by atoms with van der Waals surface area (Å²) in [7, 11) is 7.44. The summed E-state index contributed by atoms with van der Waals surface area (Å²) in [6, 6.07) is 19.3. The molecular formula is C30H40ClNO5. The molecule has 202 valence electrons. The van der Waals surface area contributed by atoms with Crippen molar-refractivity contribution in [1.82, 2.24) is 4.90 Å². The Morgan fingerprint density at radius 3 is 2.30 bits per heavy atom. The molecule has 0 unspecified atom stereocenters. The van der Waals surface area contributed by atoms with E-state index in [2.05, 4.69) is 19.0 Å². The predicted octanol–water partition coefficient (Wildman–Crippen LogP) is 6.09. The summed E-state index contributed by atoms with van der Waals surface area (Å²) in [5.74, 6) is 0.624. The Balaban J connectivity index is 0.000000255. The Morgan fingerprint density at radius 2 is 1.65 bits per heavy atom. The van der Waals surface area contributed by atoms with Gasteiger partial charge in [-0.1, -0.05) is 49.2 Å². The van der Waals surface area contributed by atoms with E-state index in [9.17, 15) is 9.90 Å². The minimum atomic E-state index is -0.808. The summed E-state index contributed by atoms with van der Waals surface area (Å²) in [6.07, 6.45) is 4.24. The number of rotatable bonds is 7. The molecule has 37 heavy (non-hydrogen) atoms. The van der Waals surface area contributed by atoms with Crippen LogP contribution in [0, 0.1) is 5.92 Å². The molecule has 0 saturated heterocycles. The lowest BCUT2D eigenvalue weighted by Crippen LogP contribution is -2.43. The highest BCUT2D eigenvalue weighted by atomic mass is 35.5. The molecule has 3 aromatic carbocycles. The van der Waals surface area contributed by atoms with Crippen molar-refractivity contribution in [3.63, 3.8) is 0 Å². The van der Waals surface area contributed by atoms with Crippen molar-refractivity contribution in [2.24, 2.45) is 5.92 Å². The highest BCUT2D eigenvalue weighted by Gasteiger charge is 2.40. The number of carbonyl (C=O) groups is 1. The molecule has 2 N–H and O–H groups in total. The number of halogens is 1. The summed E-state index contributed by atoms with van der Waals surface area (Å²) in [6.45, 7) is 2.61. The zero-order valence-corrected chi connectivity index (χ0v) is 23.3. The zero-order chi connectivity index (χ0) is 26.3. The molecule has 0 aliphatic heterocycles. The van der Waals surface area contributed by atoms with Crippen LogP contribution in [0.3, 0.4) is 0 Å². The van der Waals surface area contributed by atoms with E-state index in [0.717, 1.165) is 59.2 Å². The lowest BCUT2D eigenvalue weighted by atomic mass is 9.71. The van der Waals surface area contributed by atoms with Crippen molar-refractivity contribution in [3.05, 3.63) is 71.8 Å². The van der Waals surface area contributed by atoms with E-state index in [4.69, 9.17) is 14.6 Å². The van der Waals surface area contributed by atoms with Gasteiger partial charge in [-0.3, -0.25) is 4.79 Å². The van der Waals surface area contributed by atoms with Gasteiger partial charge < -0.3 is 24.6 Å². The normalized spacial score (nSPS) is 19.8. The second-order valence-electron chi connectivity index (χ2n) is 9.89. The van der Waals surface area contributed by atoms with Gasteiger partial charge in [-0.15, -0.1) is 12.4 Å². The smallest absolute Gasteiger partial charge is 0.310 e. The molecule has 3 aromatic rings. The summed E-state index contributed by atoms with van der Waals surface area (Å²) in [4.78, 5) is 13.1. The van der Waals surface area contributed by atoms with Gasteiger partial charge in [-0.25, -0.2) is 0 Å². The third-order valence-corrected chi connectivity index (χ3v) is 7.13. The van der Waals surface area contributed by atoms with E-state index in [1.165, 1.54) is 6.42 Å². The largest absolute Gasteiger partial charge is 0.497 e. The van der Waals surface area contributed by atoms with Gasteiger partial charge in [0, 0.05) is 12.5 Å². The van der Waals surface area contributed by atoms with Crippen LogP contribution in [-0.2, 0) is 10.4 Å². The number of nitrogens with zero attached hydrogens (tertiary/aromatic N) is 1. The lowest BCUT2D eigenvalue weighted by molar-refractivity contribution is -0.138. The molecule has 0 spiro atoms. The van der Waals surface area contributed by atoms with Crippen LogP contribution in [0.15, 0.2) is 60.7 Å². The third kappa shape index (κ3) is 7.60. The Kier molecular flexibility index (Phi) is 11.2. The first-order chi connectivity index (χ1) is 17.2. The monoisotopic (exact) mass is 529 g/mol. The molecule has 1 fully saturated rings. The molecule has 0 aromatic heterocycles. The van der Waals surface area contributed by atoms with E-state index >= 15 is 0 Å². The van der Waals surface area contributed by atoms with Crippen LogP contribution >= 0.6 is 12.4 Å². The summed E-state index contributed by atoms with van der Waals surface area (Å²) in [5, 5.41) is 22.2. The van der Waals surface area contributed by atoms with Crippen LogP contribution in [0.4, 0.5) is 0 Å². The number of aliphatic carboxylic acids is 1. The number of methoxy groups -OCH3 is 2. The van der Waals surface area contributed by atoms with Gasteiger partial charge in [-0.05, 0) is 80.0 Å². The van der Waals surface area contributed by atoms with Gasteiger partial charge in [-0.2, -0.15) is 0 Å². The maximum atomic E-state index is 11.2. The standard InChI is InChI=1S/C16H25NO2.C14H14O3.ClH/c1-17(2)12-14-7-4-5-10-16(14,18)13-8-6-9-15(11-13)19-3;1-9(14(15)16)10-3-4-12-8-13(17-2)6-5-11(12)7-10;/h6,8-9,11,14,18H,4-5,7,10,12H2,1-3H3;3-9H,1-2H3,(H,15,16);1H/t14-,16+;9-;/m10./s1. The molecule has 0 heterocycles. The maximum absolute atomic E-state index is 11.2. The Hall–Kier alpha value is -2.80. The van der Waals surface area contributed by atoms with Crippen LogP contribution in [0.25, 0.3) is 10.8 Å². The molecule has 1 aliphatic carbocycles. The number of carboxylic acid groups (broad SMARTS) is 1. The van der Waals surface area contributed by atoms with Gasteiger partial charge in [0.15, 0.2) is 0 Å². The number of ether oxygens (including phenoxy) is 2. The van der Waals surface area contributed by atoms with Gasteiger partial charge in [0.1, 0.15) is 11.5 Å². The average Bonchev–Trinajstić information content (AvgIpc) is 2.89. The second-order valence-corrected chi connectivity index (χ2v) is 9.89.